The molecule has 3 aromatic rings. The van der Waals surface area contributed by atoms with Crippen LogP contribution in [0, 0.1) is 6.92 Å². The van der Waals surface area contributed by atoms with E-state index in [4.69, 9.17) is 0 Å². The number of hydrogen-bond acceptors (Lipinski definition) is 4. The topological polar surface area (TPSA) is 92.7 Å². The highest BCUT2D eigenvalue weighted by atomic mass is 16.2. The number of nitrogens with one attached hydrogen (secondary N) is 2. The lowest BCUT2D eigenvalue weighted by Gasteiger charge is -2.16. The average Bonchev–Trinajstić information content (AvgIpc) is 3.03. The van der Waals surface area contributed by atoms with Gasteiger partial charge >= 0.3 is 0 Å². The highest BCUT2D eigenvalue weighted by Gasteiger charge is 2.21. The Bertz CT molecular complexity index is 991. The summed E-state index contributed by atoms with van der Waals surface area (Å²) < 4.78 is 1.46. The van der Waals surface area contributed by atoms with Crippen molar-refractivity contribution in [3.8, 4) is 5.95 Å². The summed E-state index contributed by atoms with van der Waals surface area (Å²) in [5.74, 6) is 0.362. The van der Waals surface area contributed by atoms with Crippen LogP contribution < -0.4 is 10.9 Å². The number of aromatic amines is 1. The molecule has 27 heavy (non-hydrogen) atoms. The lowest BCUT2D eigenvalue weighted by molar-refractivity contribution is -0.117. The van der Waals surface area contributed by atoms with E-state index in [0.717, 1.165) is 5.56 Å². The average molecular weight is 365 g/mol. The number of amides is 1. The molecule has 1 atom stereocenters. The Morgan fingerprint density at radius 3 is 2.63 bits per heavy atom. The van der Waals surface area contributed by atoms with Crippen molar-refractivity contribution in [2.75, 3.05) is 5.32 Å². The Hall–Kier alpha value is -3.22. The molecule has 0 aliphatic rings. The molecule has 0 aliphatic carbocycles. The van der Waals surface area contributed by atoms with Crippen molar-refractivity contribution in [2.24, 2.45) is 0 Å². The van der Waals surface area contributed by atoms with Gasteiger partial charge in [0.1, 0.15) is 5.82 Å². The predicted molar refractivity (Wildman–Crippen MR) is 104 cm³/mol. The molecule has 0 spiro atoms. The van der Waals surface area contributed by atoms with Gasteiger partial charge in [-0.2, -0.15) is 9.78 Å². The van der Waals surface area contributed by atoms with Gasteiger partial charge in [0.2, 0.25) is 11.9 Å². The summed E-state index contributed by atoms with van der Waals surface area (Å²) in [5.41, 5.74) is 2.08. The summed E-state index contributed by atoms with van der Waals surface area (Å²) in [6.07, 6.45) is 1.30. The monoisotopic (exact) mass is 365 g/mol. The summed E-state index contributed by atoms with van der Waals surface area (Å²) in [6, 6.07) is 12.9. The van der Waals surface area contributed by atoms with E-state index in [1.807, 2.05) is 51.1 Å². The van der Waals surface area contributed by atoms with Gasteiger partial charge in [-0.05, 0) is 25.3 Å². The van der Waals surface area contributed by atoms with Crippen molar-refractivity contribution in [2.45, 2.75) is 39.5 Å². The number of benzene rings is 1. The minimum Gasteiger partial charge on any atom is -0.310 e. The molecule has 7 nitrogen and oxygen atoms in total. The van der Waals surface area contributed by atoms with Crippen LogP contribution in [0.4, 0.5) is 5.82 Å². The largest absolute Gasteiger partial charge is 0.310 e. The number of H-pyrrole nitrogens is 1. The standard InChI is InChI=1S/C20H23N5O2/c1-4-15-12-18(26)23-20(21-15)25-17(11-13(3)24-25)22-19(27)16(5-2)14-9-7-6-8-10-14/h6-12,16H,4-5H2,1-3H3,(H,22,27)(H,21,23,26). The number of nitrogens with zero attached hydrogens (tertiary/aromatic N) is 3. The summed E-state index contributed by atoms with van der Waals surface area (Å²) in [5, 5.41) is 7.31. The first-order valence-corrected chi connectivity index (χ1v) is 9.05. The fourth-order valence-corrected chi connectivity index (χ4v) is 3.00. The molecule has 0 bridgehead atoms. The van der Waals surface area contributed by atoms with Gasteiger partial charge in [-0.1, -0.05) is 44.2 Å². The van der Waals surface area contributed by atoms with E-state index in [9.17, 15) is 9.59 Å². The maximum absolute atomic E-state index is 12.9. The molecule has 1 unspecified atom stereocenters. The van der Waals surface area contributed by atoms with Gasteiger partial charge in [0.15, 0.2) is 0 Å². The van der Waals surface area contributed by atoms with Crippen LogP contribution in [-0.2, 0) is 11.2 Å². The molecular formula is C20H23N5O2. The Morgan fingerprint density at radius 1 is 1.22 bits per heavy atom. The van der Waals surface area contributed by atoms with Crippen molar-refractivity contribution in [1.29, 1.82) is 0 Å². The van der Waals surface area contributed by atoms with Crippen LogP contribution in [0.2, 0.25) is 0 Å². The number of aryl methyl sites for hydroxylation is 2. The Kier molecular flexibility index (Phi) is 5.49. The van der Waals surface area contributed by atoms with Crippen LogP contribution in [-0.4, -0.2) is 25.7 Å². The number of hydrogen-bond donors (Lipinski definition) is 2. The highest BCUT2D eigenvalue weighted by Crippen LogP contribution is 2.22. The normalized spacial score (nSPS) is 12.0. The van der Waals surface area contributed by atoms with E-state index in [2.05, 4.69) is 20.4 Å². The molecule has 0 fully saturated rings. The molecule has 0 saturated heterocycles. The van der Waals surface area contributed by atoms with Gasteiger partial charge < -0.3 is 5.32 Å². The van der Waals surface area contributed by atoms with Gasteiger partial charge in [0.05, 0.1) is 11.6 Å². The van der Waals surface area contributed by atoms with Gasteiger partial charge in [-0.3, -0.25) is 14.6 Å². The van der Waals surface area contributed by atoms with Gasteiger partial charge in [0.25, 0.3) is 5.56 Å². The minimum atomic E-state index is -0.274. The molecule has 0 radical (unpaired) electrons. The van der Waals surface area contributed by atoms with E-state index >= 15 is 0 Å². The lowest BCUT2D eigenvalue weighted by atomic mass is 9.96. The van der Waals surface area contributed by atoms with Crippen LogP contribution in [0.25, 0.3) is 5.95 Å². The van der Waals surface area contributed by atoms with Crippen molar-refractivity contribution in [1.82, 2.24) is 19.7 Å². The molecular weight excluding hydrogens is 342 g/mol. The third kappa shape index (κ3) is 4.13. The first kappa shape index (κ1) is 18.6. The molecule has 2 aromatic heterocycles. The molecule has 0 saturated carbocycles. The van der Waals surface area contributed by atoms with Crippen LogP contribution in [0.15, 0.2) is 47.3 Å². The van der Waals surface area contributed by atoms with E-state index in [1.54, 1.807) is 6.07 Å². The third-order valence-corrected chi connectivity index (χ3v) is 4.35. The van der Waals surface area contributed by atoms with E-state index in [1.165, 1.54) is 10.7 Å². The van der Waals surface area contributed by atoms with Crippen LogP contribution in [0.5, 0.6) is 0 Å². The smallest absolute Gasteiger partial charge is 0.252 e. The van der Waals surface area contributed by atoms with Crippen LogP contribution >= 0.6 is 0 Å². The molecule has 1 aromatic carbocycles. The SMILES string of the molecule is CCc1cc(=O)[nH]c(-n2nc(C)cc2NC(=O)C(CC)c2ccccc2)n1. The number of carbonyl (C=O) groups is 1. The molecule has 1 amide bonds. The predicted octanol–water partition coefficient (Wildman–Crippen LogP) is 2.96. The summed E-state index contributed by atoms with van der Waals surface area (Å²) in [7, 11) is 0. The number of rotatable bonds is 6. The Morgan fingerprint density at radius 2 is 1.96 bits per heavy atom. The summed E-state index contributed by atoms with van der Waals surface area (Å²) in [4.78, 5) is 31.9. The van der Waals surface area contributed by atoms with Crippen molar-refractivity contribution in [3.63, 3.8) is 0 Å². The van der Waals surface area contributed by atoms with Crippen molar-refractivity contribution >= 4 is 11.7 Å². The van der Waals surface area contributed by atoms with Crippen LogP contribution in [0.1, 0.15) is 43.1 Å². The van der Waals surface area contributed by atoms with Gasteiger partial charge in [0, 0.05) is 17.8 Å². The third-order valence-electron chi connectivity index (χ3n) is 4.35. The zero-order chi connectivity index (χ0) is 19.4. The lowest BCUT2D eigenvalue weighted by Crippen LogP contribution is -2.23. The second-order valence-electron chi connectivity index (χ2n) is 6.36. The highest BCUT2D eigenvalue weighted by molar-refractivity contribution is 5.95. The molecule has 7 heteroatoms. The first-order chi connectivity index (χ1) is 13.0. The zero-order valence-corrected chi connectivity index (χ0v) is 15.7. The minimum absolute atomic E-state index is 0.126. The summed E-state index contributed by atoms with van der Waals surface area (Å²) in [6.45, 7) is 5.72. The number of anilines is 1. The maximum atomic E-state index is 12.9. The van der Waals surface area contributed by atoms with Crippen molar-refractivity contribution < 1.29 is 4.79 Å². The molecule has 0 aliphatic heterocycles. The fourth-order valence-electron chi connectivity index (χ4n) is 3.00. The Labute approximate surface area is 157 Å². The molecule has 3 rings (SSSR count). The molecule has 140 valence electrons. The van der Waals surface area contributed by atoms with E-state index < -0.39 is 0 Å². The Balaban J connectivity index is 1.93. The van der Waals surface area contributed by atoms with Gasteiger partial charge in [-0.25, -0.2) is 4.98 Å². The number of carbonyl (C=O) groups excluding carboxylic acids is 1. The summed E-state index contributed by atoms with van der Waals surface area (Å²) >= 11 is 0. The fraction of sp³-hybridized carbons (Fsp3) is 0.300. The second-order valence-corrected chi connectivity index (χ2v) is 6.36. The molecule has 2 N–H and O–H groups in total. The quantitative estimate of drug-likeness (QED) is 0.702. The van der Waals surface area contributed by atoms with E-state index in [0.29, 0.717) is 30.0 Å². The van der Waals surface area contributed by atoms with Crippen molar-refractivity contribution in [3.05, 3.63) is 69.8 Å². The molecule has 2 heterocycles. The zero-order valence-electron chi connectivity index (χ0n) is 15.7. The van der Waals surface area contributed by atoms with E-state index in [-0.39, 0.29) is 23.3 Å². The second kappa shape index (κ2) is 7.99. The number of aromatic nitrogens is 4. The maximum Gasteiger partial charge on any atom is 0.252 e. The van der Waals surface area contributed by atoms with Crippen LogP contribution in [0.3, 0.4) is 0 Å². The van der Waals surface area contributed by atoms with Gasteiger partial charge in [-0.15, -0.1) is 0 Å². The first-order valence-electron chi connectivity index (χ1n) is 9.05.